The molecule has 124 valence electrons. The molecule has 0 aromatic heterocycles. The van der Waals surface area contributed by atoms with E-state index in [0.717, 1.165) is 5.56 Å². The number of hydrogen-bond acceptors (Lipinski definition) is 3. The molecule has 2 aromatic rings. The predicted molar refractivity (Wildman–Crippen MR) is 94.3 cm³/mol. The third-order valence-electron chi connectivity index (χ3n) is 3.47. The van der Waals surface area contributed by atoms with Gasteiger partial charge in [0.25, 0.3) is 5.91 Å². The first kappa shape index (κ1) is 18.1. The lowest BCUT2D eigenvalue weighted by Gasteiger charge is -2.19. The van der Waals surface area contributed by atoms with Gasteiger partial charge in [-0.2, -0.15) is 5.26 Å². The first-order valence-corrected chi connectivity index (χ1v) is 8.08. The largest absolute Gasteiger partial charge is 0.481 e. The molecule has 0 aliphatic rings. The smallest absolute Gasteiger partial charge is 0.261 e. The number of hydrogen-bond donors (Lipinski definition) is 1. The number of benzene rings is 2. The highest BCUT2D eigenvalue weighted by Crippen LogP contribution is 2.27. The Labute approximate surface area is 151 Å². The molecule has 0 aliphatic carbocycles. The van der Waals surface area contributed by atoms with Crippen LogP contribution in [0.15, 0.2) is 42.5 Å². The summed E-state index contributed by atoms with van der Waals surface area (Å²) in [6, 6.07) is 13.8. The van der Waals surface area contributed by atoms with E-state index in [1.165, 1.54) is 0 Å². The first-order chi connectivity index (χ1) is 11.4. The van der Waals surface area contributed by atoms with Gasteiger partial charge >= 0.3 is 0 Å². The van der Waals surface area contributed by atoms with Crippen LogP contribution in [0.2, 0.25) is 10.0 Å². The highest BCUT2D eigenvalue weighted by molar-refractivity contribution is 6.42. The molecule has 2 aromatic carbocycles. The topological polar surface area (TPSA) is 62.1 Å². The average molecular weight is 363 g/mol. The fraction of sp³-hybridized carbons (Fsp3) is 0.222. The number of amides is 1. The molecule has 2 unspecified atom stereocenters. The minimum absolute atomic E-state index is 0.204. The van der Waals surface area contributed by atoms with Gasteiger partial charge in [-0.25, -0.2) is 0 Å². The monoisotopic (exact) mass is 362 g/mol. The molecular formula is C18H16Cl2N2O2. The van der Waals surface area contributed by atoms with Crippen molar-refractivity contribution in [1.82, 2.24) is 5.32 Å². The van der Waals surface area contributed by atoms with E-state index < -0.39 is 6.10 Å². The number of halogens is 2. The summed E-state index contributed by atoms with van der Waals surface area (Å²) in [4.78, 5) is 12.3. The summed E-state index contributed by atoms with van der Waals surface area (Å²) < 4.78 is 5.59. The molecule has 0 spiro atoms. The van der Waals surface area contributed by atoms with Gasteiger partial charge in [-0.05, 0) is 43.7 Å². The van der Waals surface area contributed by atoms with E-state index in [0.29, 0.717) is 21.4 Å². The number of carbonyl (C=O) groups is 1. The summed E-state index contributed by atoms with van der Waals surface area (Å²) in [5.74, 6) is 0.219. The van der Waals surface area contributed by atoms with Gasteiger partial charge in [0.1, 0.15) is 5.75 Å². The molecule has 0 fully saturated rings. The van der Waals surface area contributed by atoms with Crippen molar-refractivity contribution in [1.29, 1.82) is 5.26 Å². The number of nitrogens with one attached hydrogen (secondary N) is 1. The number of ether oxygens (including phenoxy) is 1. The first-order valence-electron chi connectivity index (χ1n) is 7.33. The van der Waals surface area contributed by atoms with Crippen molar-refractivity contribution in [3.8, 4) is 11.8 Å². The second-order valence-corrected chi connectivity index (χ2v) is 6.11. The van der Waals surface area contributed by atoms with Gasteiger partial charge in [0.2, 0.25) is 0 Å². The molecule has 2 atom stereocenters. The Morgan fingerprint density at radius 3 is 2.38 bits per heavy atom. The van der Waals surface area contributed by atoms with Crippen molar-refractivity contribution in [2.45, 2.75) is 26.0 Å². The summed E-state index contributed by atoms with van der Waals surface area (Å²) >= 11 is 11.8. The molecule has 0 aliphatic heterocycles. The standard InChI is InChI=1S/C18H16Cl2N2O2/c1-11(14-5-3-13(10-21)4-6-14)22-18(23)12(2)24-15-7-8-16(19)17(20)9-15/h3-9,11-12H,1-2H3,(H,22,23). The van der Waals surface area contributed by atoms with Crippen molar-refractivity contribution in [3.05, 3.63) is 63.6 Å². The maximum atomic E-state index is 12.3. The Kier molecular flexibility index (Phi) is 6.08. The van der Waals surface area contributed by atoms with E-state index in [9.17, 15) is 4.79 Å². The molecule has 1 N–H and O–H groups in total. The van der Waals surface area contributed by atoms with Crippen molar-refractivity contribution >= 4 is 29.1 Å². The molecule has 24 heavy (non-hydrogen) atoms. The van der Waals surface area contributed by atoms with Crippen molar-refractivity contribution in [2.24, 2.45) is 0 Å². The zero-order valence-corrected chi connectivity index (χ0v) is 14.7. The zero-order chi connectivity index (χ0) is 17.7. The second kappa shape index (κ2) is 8.05. The van der Waals surface area contributed by atoms with Gasteiger partial charge < -0.3 is 10.1 Å². The Bertz CT molecular complexity index is 770. The zero-order valence-electron chi connectivity index (χ0n) is 13.2. The number of nitrogens with zero attached hydrogens (tertiary/aromatic N) is 1. The quantitative estimate of drug-likeness (QED) is 0.850. The van der Waals surface area contributed by atoms with E-state index >= 15 is 0 Å². The van der Waals surface area contributed by atoms with Crippen LogP contribution in [-0.2, 0) is 4.79 Å². The summed E-state index contributed by atoms with van der Waals surface area (Å²) in [5.41, 5.74) is 1.48. The van der Waals surface area contributed by atoms with Crippen LogP contribution in [0.5, 0.6) is 5.75 Å². The Hall–Kier alpha value is -2.22. The van der Waals surface area contributed by atoms with Gasteiger partial charge in [0.15, 0.2) is 6.10 Å². The van der Waals surface area contributed by atoms with Gasteiger partial charge in [-0.3, -0.25) is 4.79 Å². The molecule has 1 amide bonds. The summed E-state index contributed by atoms with van der Waals surface area (Å²) in [5, 5.41) is 12.5. The minimum Gasteiger partial charge on any atom is -0.481 e. The van der Waals surface area contributed by atoms with Crippen LogP contribution in [0.4, 0.5) is 0 Å². The minimum atomic E-state index is -0.692. The summed E-state index contributed by atoms with van der Waals surface area (Å²) in [6.07, 6.45) is -0.692. The van der Waals surface area contributed by atoms with E-state index in [2.05, 4.69) is 11.4 Å². The highest BCUT2D eigenvalue weighted by atomic mass is 35.5. The van der Waals surface area contributed by atoms with Crippen molar-refractivity contribution in [2.75, 3.05) is 0 Å². The van der Waals surface area contributed by atoms with Crippen LogP contribution in [-0.4, -0.2) is 12.0 Å². The van der Waals surface area contributed by atoms with E-state index in [-0.39, 0.29) is 11.9 Å². The third-order valence-corrected chi connectivity index (χ3v) is 4.21. The van der Waals surface area contributed by atoms with Crippen LogP contribution in [0.25, 0.3) is 0 Å². The Balaban J connectivity index is 1.97. The molecule has 0 bridgehead atoms. The fourth-order valence-corrected chi connectivity index (χ4v) is 2.36. The van der Waals surface area contributed by atoms with Crippen LogP contribution >= 0.6 is 23.2 Å². The number of rotatable bonds is 5. The van der Waals surface area contributed by atoms with Crippen LogP contribution in [0.3, 0.4) is 0 Å². The molecule has 2 rings (SSSR count). The van der Waals surface area contributed by atoms with Gasteiger partial charge in [-0.1, -0.05) is 35.3 Å². The third kappa shape index (κ3) is 4.64. The summed E-state index contributed by atoms with van der Waals surface area (Å²) in [6.45, 7) is 3.52. The second-order valence-electron chi connectivity index (χ2n) is 5.30. The fourth-order valence-electron chi connectivity index (χ4n) is 2.07. The molecular weight excluding hydrogens is 347 g/mol. The Morgan fingerprint density at radius 1 is 1.12 bits per heavy atom. The molecule has 0 saturated carbocycles. The lowest BCUT2D eigenvalue weighted by molar-refractivity contribution is -0.127. The average Bonchev–Trinajstić information content (AvgIpc) is 2.58. The maximum absolute atomic E-state index is 12.3. The van der Waals surface area contributed by atoms with Crippen LogP contribution in [0, 0.1) is 11.3 Å². The van der Waals surface area contributed by atoms with Crippen molar-refractivity contribution in [3.63, 3.8) is 0 Å². The lowest BCUT2D eigenvalue weighted by atomic mass is 10.1. The predicted octanol–water partition coefficient (Wildman–Crippen LogP) is 4.51. The number of carbonyl (C=O) groups excluding carboxylic acids is 1. The molecule has 6 heteroatoms. The Morgan fingerprint density at radius 2 is 1.79 bits per heavy atom. The number of nitriles is 1. The van der Waals surface area contributed by atoms with Crippen molar-refractivity contribution < 1.29 is 9.53 Å². The lowest BCUT2D eigenvalue weighted by Crippen LogP contribution is -2.37. The molecule has 0 heterocycles. The highest BCUT2D eigenvalue weighted by Gasteiger charge is 2.18. The van der Waals surface area contributed by atoms with Crippen LogP contribution in [0.1, 0.15) is 31.0 Å². The summed E-state index contributed by atoms with van der Waals surface area (Å²) in [7, 11) is 0. The van der Waals surface area contributed by atoms with E-state index in [1.54, 1.807) is 37.3 Å². The molecule has 0 saturated heterocycles. The molecule has 0 radical (unpaired) electrons. The SMILES string of the molecule is CC(Oc1ccc(Cl)c(Cl)c1)C(=O)NC(C)c1ccc(C#N)cc1. The van der Waals surface area contributed by atoms with Crippen LogP contribution < -0.4 is 10.1 Å². The maximum Gasteiger partial charge on any atom is 0.261 e. The molecule has 4 nitrogen and oxygen atoms in total. The van der Waals surface area contributed by atoms with Gasteiger partial charge in [0.05, 0.1) is 27.7 Å². The van der Waals surface area contributed by atoms with E-state index in [1.807, 2.05) is 19.1 Å². The van der Waals surface area contributed by atoms with E-state index in [4.69, 9.17) is 33.2 Å². The van der Waals surface area contributed by atoms with Gasteiger partial charge in [0, 0.05) is 6.07 Å². The normalized spacial score (nSPS) is 12.8. The van der Waals surface area contributed by atoms with Gasteiger partial charge in [-0.15, -0.1) is 0 Å².